The van der Waals surface area contributed by atoms with Gasteiger partial charge in [-0.1, -0.05) is 54.1 Å². The lowest BCUT2D eigenvalue weighted by molar-refractivity contribution is 0.0853. The Morgan fingerprint density at radius 2 is 1.90 bits per heavy atom. The van der Waals surface area contributed by atoms with Crippen molar-refractivity contribution in [3.05, 3.63) is 88.6 Å². The lowest BCUT2D eigenvalue weighted by Gasteiger charge is -2.21. The molecule has 162 valence electrons. The molecule has 1 aromatic heterocycles. The minimum Gasteiger partial charge on any atom is -0.447 e. The Bertz CT molecular complexity index is 986. The van der Waals surface area contributed by atoms with Crippen LogP contribution >= 0.6 is 11.6 Å². The van der Waals surface area contributed by atoms with Crippen molar-refractivity contribution in [1.29, 1.82) is 0 Å². The zero-order valence-electron chi connectivity index (χ0n) is 17.3. The first kappa shape index (κ1) is 21.6. The van der Waals surface area contributed by atoms with E-state index in [2.05, 4.69) is 27.3 Å². The van der Waals surface area contributed by atoms with Gasteiger partial charge in [0.05, 0.1) is 12.6 Å². The van der Waals surface area contributed by atoms with Crippen molar-refractivity contribution in [2.24, 2.45) is 0 Å². The van der Waals surface area contributed by atoms with Crippen LogP contribution in [-0.4, -0.2) is 35.0 Å². The van der Waals surface area contributed by atoms with E-state index in [9.17, 15) is 4.79 Å². The minimum atomic E-state index is -0.241. The van der Waals surface area contributed by atoms with Gasteiger partial charge in [-0.25, -0.2) is 4.98 Å². The van der Waals surface area contributed by atoms with E-state index < -0.39 is 0 Å². The minimum absolute atomic E-state index is 0.0920. The van der Waals surface area contributed by atoms with E-state index in [0.29, 0.717) is 30.5 Å². The number of benzene rings is 2. The molecule has 2 aromatic carbocycles. The van der Waals surface area contributed by atoms with Crippen molar-refractivity contribution in [1.82, 2.24) is 15.2 Å². The molecule has 7 heteroatoms. The van der Waals surface area contributed by atoms with Gasteiger partial charge in [0.25, 0.3) is 5.91 Å². The Hall–Kier alpha value is -2.67. The lowest BCUT2D eigenvalue weighted by Crippen LogP contribution is -2.32. The summed E-state index contributed by atoms with van der Waals surface area (Å²) in [6, 6.07) is 18.0. The Morgan fingerprint density at radius 3 is 2.68 bits per heavy atom. The van der Waals surface area contributed by atoms with Crippen LogP contribution in [-0.2, 0) is 24.4 Å². The number of amides is 1. The molecule has 0 radical (unpaired) electrons. The number of ether oxygens (including phenoxy) is 1. The van der Waals surface area contributed by atoms with Crippen LogP contribution in [0.4, 0.5) is 0 Å². The quantitative estimate of drug-likeness (QED) is 0.534. The topological polar surface area (TPSA) is 67.6 Å². The summed E-state index contributed by atoms with van der Waals surface area (Å²) in [6.45, 7) is 3.13. The van der Waals surface area contributed by atoms with Crippen LogP contribution in [0.5, 0.6) is 0 Å². The summed E-state index contributed by atoms with van der Waals surface area (Å²) in [4.78, 5) is 19.0. The summed E-state index contributed by atoms with van der Waals surface area (Å²) in [5, 5.41) is 3.59. The molecule has 0 aliphatic carbocycles. The van der Waals surface area contributed by atoms with Gasteiger partial charge < -0.3 is 14.5 Å². The molecule has 1 amide bonds. The zero-order chi connectivity index (χ0) is 21.5. The predicted molar refractivity (Wildman–Crippen MR) is 119 cm³/mol. The van der Waals surface area contributed by atoms with E-state index in [1.807, 2.05) is 42.5 Å². The van der Waals surface area contributed by atoms with E-state index in [1.165, 1.54) is 11.8 Å². The molecular weight excluding hydrogens is 414 g/mol. The summed E-state index contributed by atoms with van der Waals surface area (Å²) in [5.41, 5.74) is 2.57. The summed E-state index contributed by atoms with van der Waals surface area (Å²) >= 11 is 6.16. The first-order valence-electron chi connectivity index (χ1n) is 10.5. The number of hydrogen-bond acceptors (Lipinski definition) is 5. The fourth-order valence-electron chi connectivity index (χ4n) is 3.68. The second kappa shape index (κ2) is 10.6. The molecule has 1 aliphatic heterocycles. The van der Waals surface area contributed by atoms with Crippen molar-refractivity contribution in [3.8, 4) is 0 Å². The van der Waals surface area contributed by atoms with Gasteiger partial charge in [0.1, 0.15) is 6.26 Å². The number of carbonyl (C=O) groups is 1. The molecule has 0 bridgehead atoms. The van der Waals surface area contributed by atoms with Crippen LogP contribution in [0.1, 0.15) is 40.3 Å². The highest BCUT2D eigenvalue weighted by Gasteiger charge is 2.19. The first-order chi connectivity index (χ1) is 15.2. The lowest BCUT2D eigenvalue weighted by atomic mass is 10.1. The average molecular weight is 440 g/mol. The Kier molecular flexibility index (Phi) is 7.35. The molecule has 3 aromatic rings. The number of hydrogen-bond donors (Lipinski definition) is 1. The van der Waals surface area contributed by atoms with E-state index >= 15 is 0 Å². The fraction of sp³-hybridized carbons (Fsp3) is 0.333. The Labute approximate surface area is 187 Å². The summed E-state index contributed by atoms with van der Waals surface area (Å²) < 4.78 is 11.2. The van der Waals surface area contributed by atoms with E-state index in [-0.39, 0.29) is 17.7 Å². The van der Waals surface area contributed by atoms with Gasteiger partial charge in [0.2, 0.25) is 5.89 Å². The Morgan fingerprint density at radius 1 is 1.10 bits per heavy atom. The highest BCUT2D eigenvalue weighted by atomic mass is 35.5. The first-order valence-corrected chi connectivity index (χ1v) is 10.9. The molecule has 4 rings (SSSR count). The predicted octanol–water partition coefficient (Wildman–Crippen LogP) is 4.44. The number of nitrogens with zero attached hydrogens (tertiary/aromatic N) is 2. The Balaban J connectivity index is 1.41. The second-order valence-electron chi connectivity index (χ2n) is 7.73. The van der Waals surface area contributed by atoms with E-state index in [4.69, 9.17) is 20.8 Å². The molecule has 6 nitrogen and oxygen atoms in total. The van der Waals surface area contributed by atoms with Gasteiger partial charge in [-0.15, -0.1) is 0 Å². The summed E-state index contributed by atoms with van der Waals surface area (Å²) in [6.07, 6.45) is 3.52. The second-order valence-corrected chi connectivity index (χ2v) is 8.17. The van der Waals surface area contributed by atoms with Crippen LogP contribution in [0.3, 0.4) is 0 Å². The molecule has 1 saturated heterocycles. The maximum absolute atomic E-state index is 12.4. The summed E-state index contributed by atoms with van der Waals surface area (Å²) in [7, 11) is 0. The van der Waals surface area contributed by atoms with Crippen LogP contribution in [0.25, 0.3) is 0 Å². The molecule has 1 aliphatic rings. The SMILES string of the molecule is O=C(NCC1CCCO1)c1coc(CN(Cc2ccccc2)Cc2cccc(Cl)c2)n1. The van der Waals surface area contributed by atoms with Crippen LogP contribution in [0.15, 0.2) is 65.3 Å². The maximum Gasteiger partial charge on any atom is 0.273 e. The number of rotatable bonds is 9. The maximum atomic E-state index is 12.4. The smallest absolute Gasteiger partial charge is 0.273 e. The molecule has 0 saturated carbocycles. The van der Waals surface area contributed by atoms with Crippen LogP contribution in [0, 0.1) is 0 Å². The average Bonchev–Trinajstić information content (AvgIpc) is 3.45. The number of nitrogens with one attached hydrogen (secondary N) is 1. The molecule has 1 atom stereocenters. The summed E-state index contributed by atoms with van der Waals surface area (Å²) in [5.74, 6) is 0.259. The number of carbonyl (C=O) groups excluding carboxylic acids is 1. The number of halogens is 1. The van der Waals surface area contributed by atoms with E-state index in [0.717, 1.165) is 31.6 Å². The fourth-order valence-corrected chi connectivity index (χ4v) is 3.90. The largest absolute Gasteiger partial charge is 0.447 e. The van der Waals surface area contributed by atoms with Crippen molar-refractivity contribution < 1.29 is 13.9 Å². The molecule has 0 spiro atoms. The van der Waals surface area contributed by atoms with Crippen LogP contribution in [0.2, 0.25) is 5.02 Å². The highest BCUT2D eigenvalue weighted by Crippen LogP contribution is 2.17. The van der Waals surface area contributed by atoms with Crippen molar-refractivity contribution in [2.75, 3.05) is 13.2 Å². The molecule has 1 fully saturated rings. The van der Waals surface area contributed by atoms with Gasteiger partial charge >= 0.3 is 0 Å². The molecular formula is C24H26ClN3O3. The van der Waals surface area contributed by atoms with Crippen molar-refractivity contribution in [3.63, 3.8) is 0 Å². The highest BCUT2D eigenvalue weighted by molar-refractivity contribution is 6.30. The van der Waals surface area contributed by atoms with Gasteiger partial charge in [-0.05, 0) is 36.1 Å². The number of aromatic nitrogens is 1. The standard InChI is InChI=1S/C24H26ClN3O3/c25-20-9-4-8-19(12-20)15-28(14-18-6-2-1-3-7-18)16-23-27-22(17-31-23)24(29)26-13-21-10-5-11-30-21/h1-4,6-9,12,17,21H,5,10-11,13-16H2,(H,26,29). The van der Waals surface area contributed by atoms with Gasteiger partial charge in [-0.3, -0.25) is 9.69 Å². The molecule has 1 unspecified atom stereocenters. The van der Waals surface area contributed by atoms with E-state index in [1.54, 1.807) is 0 Å². The van der Waals surface area contributed by atoms with Gasteiger partial charge in [0.15, 0.2) is 5.69 Å². The molecule has 31 heavy (non-hydrogen) atoms. The third-order valence-electron chi connectivity index (χ3n) is 5.20. The van der Waals surface area contributed by atoms with Gasteiger partial charge in [0, 0.05) is 31.3 Å². The third-order valence-corrected chi connectivity index (χ3v) is 5.44. The normalized spacial score (nSPS) is 16.0. The monoisotopic (exact) mass is 439 g/mol. The van der Waals surface area contributed by atoms with Crippen molar-refractivity contribution in [2.45, 2.75) is 38.6 Å². The van der Waals surface area contributed by atoms with Gasteiger partial charge in [-0.2, -0.15) is 0 Å². The third kappa shape index (κ3) is 6.40. The molecule has 2 heterocycles. The molecule has 1 N–H and O–H groups in total. The zero-order valence-corrected chi connectivity index (χ0v) is 18.1. The number of oxazole rings is 1. The van der Waals surface area contributed by atoms with Crippen LogP contribution < -0.4 is 5.32 Å². The van der Waals surface area contributed by atoms with Crippen molar-refractivity contribution >= 4 is 17.5 Å².